The lowest BCUT2D eigenvalue weighted by atomic mass is 10.2. The molecule has 104 valence electrons. The first-order valence-corrected chi connectivity index (χ1v) is 8.73. The Morgan fingerprint density at radius 2 is 1.95 bits per heavy atom. The molecule has 1 fully saturated rings. The Morgan fingerprint density at radius 3 is 2.47 bits per heavy atom. The van der Waals surface area contributed by atoms with E-state index in [1.54, 1.807) is 6.21 Å². The lowest BCUT2D eigenvalue weighted by Gasteiger charge is -2.12. The van der Waals surface area contributed by atoms with Crippen LogP contribution in [0.5, 0.6) is 0 Å². The summed E-state index contributed by atoms with van der Waals surface area (Å²) in [6.07, 6.45) is 4.50. The summed E-state index contributed by atoms with van der Waals surface area (Å²) in [6.45, 7) is 5.79. The van der Waals surface area contributed by atoms with E-state index in [1.807, 2.05) is 44.7 Å². The van der Waals surface area contributed by atoms with Gasteiger partial charge in [0.1, 0.15) is 11.0 Å². The molecule has 0 aliphatic heterocycles. The van der Waals surface area contributed by atoms with Crippen LogP contribution in [0.4, 0.5) is 0 Å². The summed E-state index contributed by atoms with van der Waals surface area (Å²) in [5, 5.41) is 0. The highest BCUT2D eigenvalue weighted by atomic mass is 32.2. The summed E-state index contributed by atoms with van der Waals surface area (Å²) in [7, 11) is -1.18. The molecule has 2 rings (SSSR count). The number of benzene rings is 1. The molecule has 1 saturated carbocycles. The molecule has 0 saturated heterocycles. The summed E-state index contributed by atoms with van der Waals surface area (Å²) in [4.78, 5) is 1.31. The fourth-order valence-corrected chi connectivity index (χ4v) is 3.04. The van der Waals surface area contributed by atoms with E-state index in [-0.39, 0.29) is 4.75 Å². The number of thioether (sulfide) groups is 1. The van der Waals surface area contributed by atoms with Crippen molar-refractivity contribution in [3.63, 3.8) is 0 Å². The summed E-state index contributed by atoms with van der Waals surface area (Å²) in [6, 6.07) is 8.32. The van der Waals surface area contributed by atoms with Gasteiger partial charge >= 0.3 is 0 Å². The van der Waals surface area contributed by atoms with Gasteiger partial charge in [0.2, 0.25) is 0 Å². The van der Waals surface area contributed by atoms with Gasteiger partial charge in [0.05, 0.1) is 4.75 Å². The first kappa shape index (κ1) is 14.8. The predicted octanol–water partition coefficient (Wildman–Crippen LogP) is 4.07. The van der Waals surface area contributed by atoms with Gasteiger partial charge < -0.3 is 0 Å². The number of rotatable bonds is 5. The van der Waals surface area contributed by atoms with Gasteiger partial charge in [0, 0.05) is 16.9 Å². The zero-order chi connectivity index (χ0) is 13.9. The first-order valence-electron chi connectivity index (χ1n) is 6.64. The lowest BCUT2D eigenvalue weighted by molar-refractivity contribution is 0.651. The van der Waals surface area contributed by atoms with E-state index >= 15 is 0 Å². The van der Waals surface area contributed by atoms with Crippen LogP contribution in [0.25, 0.3) is 0 Å². The van der Waals surface area contributed by atoms with Crippen LogP contribution >= 0.6 is 11.8 Å². The second kappa shape index (κ2) is 6.23. The molecule has 2 nitrogen and oxygen atoms in total. The molecule has 1 aliphatic rings. The fourth-order valence-electron chi connectivity index (χ4n) is 1.42. The van der Waals surface area contributed by atoms with E-state index in [4.69, 9.17) is 0 Å². The van der Waals surface area contributed by atoms with Crippen molar-refractivity contribution in [3.8, 4) is 0 Å². The highest BCUT2D eigenvalue weighted by Crippen LogP contribution is 2.34. The molecule has 0 spiro atoms. The maximum atomic E-state index is 11.8. The van der Waals surface area contributed by atoms with E-state index < -0.39 is 11.0 Å². The van der Waals surface area contributed by atoms with Crippen LogP contribution in [0.15, 0.2) is 33.6 Å². The van der Waals surface area contributed by atoms with Crippen molar-refractivity contribution < 1.29 is 4.21 Å². The third-order valence-corrected chi connectivity index (χ3v) is 5.47. The van der Waals surface area contributed by atoms with Crippen LogP contribution in [0.2, 0.25) is 0 Å². The fraction of sp³-hybridized carbons (Fsp3) is 0.533. The second-order valence-electron chi connectivity index (χ2n) is 5.92. The summed E-state index contributed by atoms with van der Waals surface area (Å²) < 4.78 is 15.6. The zero-order valence-corrected chi connectivity index (χ0v) is 13.4. The van der Waals surface area contributed by atoms with Crippen molar-refractivity contribution in [2.45, 2.75) is 43.3 Å². The highest BCUT2D eigenvalue weighted by Gasteiger charge is 2.21. The van der Waals surface area contributed by atoms with E-state index in [9.17, 15) is 4.21 Å². The minimum Gasteiger partial charge on any atom is -0.234 e. The summed E-state index contributed by atoms with van der Waals surface area (Å²) in [5.74, 6) is 2.18. The second-order valence-corrected chi connectivity index (χ2v) is 8.95. The van der Waals surface area contributed by atoms with Crippen LogP contribution < -0.4 is 0 Å². The average Bonchev–Trinajstić information content (AvgIpc) is 3.17. The molecule has 0 bridgehead atoms. The smallest absolute Gasteiger partial charge is 0.144 e. The van der Waals surface area contributed by atoms with Gasteiger partial charge in [-0.25, -0.2) is 4.21 Å². The van der Waals surface area contributed by atoms with Crippen molar-refractivity contribution in [1.29, 1.82) is 0 Å². The molecule has 1 unspecified atom stereocenters. The molecular weight excluding hydrogens is 274 g/mol. The van der Waals surface area contributed by atoms with Crippen molar-refractivity contribution >= 4 is 29.0 Å². The molecule has 1 aromatic carbocycles. The largest absolute Gasteiger partial charge is 0.234 e. The molecule has 4 heteroatoms. The van der Waals surface area contributed by atoms with Crippen molar-refractivity contribution in [2.24, 2.45) is 10.3 Å². The number of nitrogens with zero attached hydrogens (tertiary/aromatic N) is 1. The molecule has 1 aromatic rings. The van der Waals surface area contributed by atoms with Gasteiger partial charge in [-0.05, 0) is 57.2 Å². The molecule has 0 heterocycles. The third-order valence-electron chi connectivity index (χ3n) is 2.88. The predicted molar refractivity (Wildman–Crippen MR) is 85.4 cm³/mol. The monoisotopic (exact) mass is 295 g/mol. The van der Waals surface area contributed by atoms with Gasteiger partial charge in [0.25, 0.3) is 0 Å². The first-order chi connectivity index (χ1) is 8.95. The topological polar surface area (TPSA) is 29.4 Å². The third kappa shape index (κ3) is 5.11. The molecule has 1 aliphatic carbocycles. The van der Waals surface area contributed by atoms with Gasteiger partial charge in [-0.3, -0.25) is 0 Å². The summed E-state index contributed by atoms with van der Waals surface area (Å²) >= 11 is 1.92. The Balaban J connectivity index is 1.90. The molecule has 0 N–H and O–H groups in total. The summed E-state index contributed by atoms with van der Waals surface area (Å²) in [5.41, 5.74) is 1.01. The Labute approximate surface area is 122 Å². The van der Waals surface area contributed by atoms with Gasteiger partial charge in [0.15, 0.2) is 0 Å². The highest BCUT2D eigenvalue weighted by molar-refractivity contribution is 7.99. The molecule has 0 radical (unpaired) electrons. The minimum absolute atomic E-state index is 0.295. The standard InChI is InChI=1S/C15H21NOS2/c1-15(2,3)19(17)16-10-12-6-8-14(9-7-12)18-11-13-4-5-13/h6-10,13H,4-5,11H2,1-3H3/b16-10+. The average molecular weight is 295 g/mol. The van der Waals surface area contributed by atoms with Crippen LogP contribution in [0, 0.1) is 5.92 Å². The van der Waals surface area contributed by atoms with E-state index in [0.717, 1.165) is 11.5 Å². The Bertz CT molecular complexity index is 470. The van der Waals surface area contributed by atoms with Crippen LogP contribution in [0.1, 0.15) is 39.2 Å². The molecular formula is C15H21NOS2. The van der Waals surface area contributed by atoms with Crippen molar-refractivity contribution in [2.75, 3.05) is 5.75 Å². The molecule has 0 amide bonds. The zero-order valence-electron chi connectivity index (χ0n) is 11.8. The van der Waals surface area contributed by atoms with Crippen LogP contribution in [-0.2, 0) is 11.0 Å². The molecule has 1 atom stereocenters. The number of hydrogen-bond acceptors (Lipinski definition) is 2. The van der Waals surface area contributed by atoms with Crippen molar-refractivity contribution in [1.82, 2.24) is 0 Å². The molecule has 0 aromatic heterocycles. The Hall–Kier alpha value is -0.610. The Morgan fingerprint density at radius 1 is 1.32 bits per heavy atom. The van der Waals surface area contributed by atoms with Gasteiger partial charge in [-0.15, -0.1) is 11.8 Å². The normalized spacial score (nSPS) is 17.8. The van der Waals surface area contributed by atoms with Crippen LogP contribution in [-0.4, -0.2) is 20.9 Å². The lowest BCUT2D eigenvalue weighted by Crippen LogP contribution is -2.19. The Kier molecular flexibility index (Phi) is 4.85. The van der Waals surface area contributed by atoms with Gasteiger partial charge in [-0.2, -0.15) is 4.40 Å². The minimum atomic E-state index is -1.18. The SMILES string of the molecule is CC(C)(C)S(=O)/N=C/c1ccc(SCC2CC2)cc1. The van der Waals surface area contributed by atoms with E-state index in [0.29, 0.717) is 0 Å². The van der Waals surface area contributed by atoms with E-state index in [2.05, 4.69) is 16.5 Å². The quantitative estimate of drug-likeness (QED) is 0.605. The number of hydrogen-bond donors (Lipinski definition) is 0. The maximum absolute atomic E-state index is 11.8. The van der Waals surface area contributed by atoms with Crippen LogP contribution in [0.3, 0.4) is 0 Å². The maximum Gasteiger partial charge on any atom is 0.144 e. The molecule has 19 heavy (non-hydrogen) atoms. The van der Waals surface area contributed by atoms with Gasteiger partial charge in [-0.1, -0.05) is 12.1 Å². The van der Waals surface area contributed by atoms with Crippen molar-refractivity contribution in [3.05, 3.63) is 29.8 Å². The van der Waals surface area contributed by atoms with E-state index in [1.165, 1.54) is 23.5 Å².